The molecule has 0 N–H and O–H groups in total. The molecule has 6 heteroatoms. The summed E-state index contributed by atoms with van der Waals surface area (Å²) in [5.41, 5.74) is 0.648. The number of amides is 2. The molecule has 4 rings (SSSR count). The fraction of sp³-hybridized carbons (Fsp3) is 0.529. The predicted octanol–water partition coefficient (Wildman–Crippen LogP) is 3.37. The molecule has 0 unspecified atom stereocenters. The molecule has 2 amide bonds. The van der Waals surface area contributed by atoms with E-state index in [1.165, 1.54) is 4.90 Å². The summed E-state index contributed by atoms with van der Waals surface area (Å²) in [4.78, 5) is 27.7. The molecule has 2 bridgehead atoms. The van der Waals surface area contributed by atoms with E-state index in [2.05, 4.69) is 31.9 Å². The van der Waals surface area contributed by atoms with Crippen molar-refractivity contribution >= 4 is 49.4 Å². The number of carbonyl (C=O) groups is 2. The number of anilines is 1. The zero-order valence-electron chi connectivity index (χ0n) is 12.6. The van der Waals surface area contributed by atoms with Crippen molar-refractivity contribution in [1.29, 1.82) is 0 Å². The van der Waals surface area contributed by atoms with Gasteiger partial charge in [-0.3, -0.25) is 14.5 Å². The Bertz CT molecular complexity index is 630. The average Bonchev–Trinajstić information content (AvgIpc) is 3.14. The van der Waals surface area contributed by atoms with Crippen molar-refractivity contribution in [1.82, 2.24) is 0 Å². The fourth-order valence-corrected chi connectivity index (χ4v) is 6.33. The molecule has 23 heavy (non-hydrogen) atoms. The van der Waals surface area contributed by atoms with Gasteiger partial charge in [0.1, 0.15) is 5.75 Å². The number of hydrogen-bond acceptors (Lipinski definition) is 3. The Morgan fingerprint density at radius 3 is 2.04 bits per heavy atom. The second kappa shape index (κ2) is 5.59. The van der Waals surface area contributed by atoms with Gasteiger partial charge in [-0.15, -0.1) is 0 Å². The summed E-state index contributed by atoms with van der Waals surface area (Å²) in [5.74, 6) is 0.823. The highest BCUT2D eigenvalue weighted by molar-refractivity contribution is 9.12. The highest BCUT2D eigenvalue weighted by Gasteiger charge is 2.66. The third kappa shape index (κ3) is 2.14. The summed E-state index contributed by atoms with van der Waals surface area (Å²) in [5, 5.41) is 0. The first kappa shape index (κ1) is 15.6. The highest BCUT2D eigenvalue weighted by Crippen LogP contribution is 2.60. The number of ether oxygens (including phenoxy) is 1. The van der Waals surface area contributed by atoms with Crippen LogP contribution in [0.5, 0.6) is 5.75 Å². The summed E-state index contributed by atoms with van der Waals surface area (Å²) in [6.45, 7) is 2.51. The number of fused-ring (bicyclic) bond motifs is 5. The summed E-state index contributed by atoms with van der Waals surface area (Å²) in [7, 11) is 0. The lowest BCUT2D eigenvalue weighted by Gasteiger charge is -2.28. The van der Waals surface area contributed by atoms with Gasteiger partial charge in [-0.2, -0.15) is 0 Å². The van der Waals surface area contributed by atoms with E-state index in [1.54, 1.807) is 12.1 Å². The van der Waals surface area contributed by atoms with Crippen LogP contribution in [0.3, 0.4) is 0 Å². The van der Waals surface area contributed by atoms with Gasteiger partial charge in [0.15, 0.2) is 0 Å². The standard InChI is InChI=1S/C17H17Br2NO3/c1-2-23-9-5-3-8(4-6-9)20-16(21)12-10-7-11(13(12)17(20)22)15(19)14(10)18/h3-6,10-15H,2,7H2,1H3/t10-,11-,12-,13+,14-,15+/m0/s1. The van der Waals surface area contributed by atoms with Crippen molar-refractivity contribution in [3.8, 4) is 5.75 Å². The lowest BCUT2D eigenvalue weighted by Crippen LogP contribution is -2.37. The van der Waals surface area contributed by atoms with Crippen molar-refractivity contribution < 1.29 is 14.3 Å². The van der Waals surface area contributed by atoms with Crippen LogP contribution in [-0.2, 0) is 9.59 Å². The first-order chi connectivity index (χ1) is 11.0. The number of nitrogens with zero attached hydrogens (tertiary/aromatic N) is 1. The maximum Gasteiger partial charge on any atom is 0.238 e. The number of halogens is 2. The van der Waals surface area contributed by atoms with Gasteiger partial charge in [0.25, 0.3) is 0 Å². The topological polar surface area (TPSA) is 46.6 Å². The van der Waals surface area contributed by atoms with Crippen LogP contribution < -0.4 is 9.64 Å². The SMILES string of the molecule is CCOc1ccc(N2C(=O)[C@@H]3[C@@H]4C[C@H]([C@H](Br)[C@@H]4Br)[C@@H]3C2=O)cc1. The van der Waals surface area contributed by atoms with Gasteiger partial charge in [-0.1, -0.05) is 31.9 Å². The Balaban J connectivity index is 1.64. The molecule has 122 valence electrons. The molecule has 3 fully saturated rings. The minimum atomic E-state index is -0.169. The molecule has 3 aliphatic rings. The Labute approximate surface area is 151 Å². The molecule has 0 spiro atoms. The summed E-state index contributed by atoms with van der Waals surface area (Å²) in [6.07, 6.45) is 0.954. The molecule has 2 saturated carbocycles. The van der Waals surface area contributed by atoms with Gasteiger partial charge in [0.05, 0.1) is 24.1 Å². The lowest BCUT2D eigenvalue weighted by molar-refractivity contribution is -0.123. The highest BCUT2D eigenvalue weighted by atomic mass is 79.9. The molecular formula is C17H17Br2NO3. The minimum Gasteiger partial charge on any atom is -0.494 e. The maximum atomic E-state index is 12.9. The quantitative estimate of drug-likeness (QED) is 0.532. The minimum absolute atomic E-state index is 0.0412. The number of carbonyl (C=O) groups excluding carboxylic acids is 2. The first-order valence-electron chi connectivity index (χ1n) is 7.93. The third-order valence-corrected chi connectivity index (χ3v) is 8.60. The van der Waals surface area contributed by atoms with Gasteiger partial charge in [-0.05, 0) is 49.4 Å². The van der Waals surface area contributed by atoms with Crippen LogP contribution in [-0.4, -0.2) is 28.1 Å². The zero-order valence-corrected chi connectivity index (χ0v) is 15.8. The smallest absolute Gasteiger partial charge is 0.238 e. The van der Waals surface area contributed by atoms with E-state index >= 15 is 0 Å². The van der Waals surface area contributed by atoms with Crippen LogP contribution in [0.15, 0.2) is 24.3 Å². The van der Waals surface area contributed by atoms with Gasteiger partial charge >= 0.3 is 0 Å². The third-order valence-electron chi connectivity index (χ3n) is 5.39. The van der Waals surface area contributed by atoms with E-state index in [1.807, 2.05) is 19.1 Å². The van der Waals surface area contributed by atoms with Crippen LogP contribution >= 0.6 is 31.9 Å². The second-order valence-electron chi connectivity index (χ2n) is 6.44. The van der Waals surface area contributed by atoms with E-state index in [0.29, 0.717) is 12.3 Å². The summed E-state index contributed by atoms with van der Waals surface area (Å²) >= 11 is 7.40. The lowest BCUT2D eigenvalue weighted by atomic mass is 9.81. The molecule has 6 atom stereocenters. The van der Waals surface area contributed by atoms with Gasteiger partial charge in [0, 0.05) is 9.65 Å². The number of imide groups is 1. The van der Waals surface area contributed by atoms with Crippen molar-refractivity contribution in [2.24, 2.45) is 23.7 Å². The predicted molar refractivity (Wildman–Crippen MR) is 94.1 cm³/mol. The largest absolute Gasteiger partial charge is 0.494 e. The number of alkyl halides is 2. The van der Waals surface area contributed by atoms with Gasteiger partial charge in [-0.25, -0.2) is 0 Å². The van der Waals surface area contributed by atoms with Crippen LogP contribution in [0.1, 0.15) is 13.3 Å². The van der Waals surface area contributed by atoms with Crippen LogP contribution in [0.4, 0.5) is 5.69 Å². The number of benzene rings is 1. The normalized spacial score (nSPS) is 38.3. The molecular weight excluding hydrogens is 426 g/mol. The van der Waals surface area contributed by atoms with Gasteiger partial charge in [0.2, 0.25) is 11.8 Å². The maximum absolute atomic E-state index is 12.9. The van der Waals surface area contributed by atoms with Crippen molar-refractivity contribution in [2.75, 3.05) is 11.5 Å². The van der Waals surface area contributed by atoms with Gasteiger partial charge < -0.3 is 4.74 Å². The molecule has 1 aromatic carbocycles. The van der Waals surface area contributed by atoms with Crippen molar-refractivity contribution in [3.05, 3.63) is 24.3 Å². The second-order valence-corrected chi connectivity index (χ2v) is 8.56. The molecule has 1 aromatic rings. The van der Waals surface area contributed by atoms with E-state index in [9.17, 15) is 9.59 Å². The molecule has 1 saturated heterocycles. The van der Waals surface area contributed by atoms with Crippen molar-refractivity contribution in [3.63, 3.8) is 0 Å². The molecule has 2 aliphatic carbocycles. The Morgan fingerprint density at radius 1 is 1.04 bits per heavy atom. The zero-order chi connectivity index (χ0) is 16.3. The molecule has 4 nitrogen and oxygen atoms in total. The van der Waals surface area contributed by atoms with E-state index in [4.69, 9.17) is 4.74 Å². The Morgan fingerprint density at radius 2 is 1.57 bits per heavy atom. The fourth-order valence-electron chi connectivity index (χ4n) is 4.46. The van der Waals surface area contributed by atoms with Crippen LogP contribution in [0.25, 0.3) is 0 Å². The number of rotatable bonds is 3. The monoisotopic (exact) mass is 441 g/mol. The Hall–Kier alpha value is -0.880. The van der Waals surface area contributed by atoms with Crippen LogP contribution in [0.2, 0.25) is 0 Å². The average molecular weight is 443 g/mol. The summed E-state index contributed by atoms with van der Waals surface area (Å²) < 4.78 is 5.42. The van der Waals surface area contributed by atoms with E-state index < -0.39 is 0 Å². The first-order valence-corrected chi connectivity index (χ1v) is 9.76. The van der Waals surface area contributed by atoms with Crippen molar-refractivity contribution in [2.45, 2.75) is 23.0 Å². The van der Waals surface area contributed by atoms with Crippen LogP contribution in [0, 0.1) is 23.7 Å². The molecule has 0 radical (unpaired) electrons. The van der Waals surface area contributed by atoms with E-state index in [0.717, 1.165) is 12.2 Å². The Kier molecular flexibility index (Phi) is 3.80. The molecule has 0 aromatic heterocycles. The van der Waals surface area contributed by atoms with E-state index in [-0.39, 0.29) is 45.1 Å². The molecule has 1 heterocycles. The molecule has 1 aliphatic heterocycles. The number of hydrogen-bond donors (Lipinski definition) is 0. The summed E-state index contributed by atoms with van der Waals surface area (Å²) in [6, 6.07) is 7.20.